The van der Waals surface area contributed by atoms with E-state index < -0.39 is 0 Å². The molecule has 4 heteroatoms. The quantitative estimate of drug-likeness (QED) is 0.750. The molecule has 0 amide bonds. The predicted molar refractivity (Wildman–Crippen MR) is 88.6 cm³/mol. The molecule has 0 unspecified atom stereocenters. The van der Waals surface area contributed by atoms with Crippen molar-refractivity contribution in [2.45, 2.75) is 32.7 Å². The van der Waals surface area contributed by atoms with Gasteiger partial charge in [-0.1, -0.05) is 50.1 Å². The SMILES string of the molecule is CCCCCNc1ccnc(N(C)Cc2ccccc2)n1. The Bertz CT molecular complexity index is 527. The highest BCUT2D eigenvalue weighted by molar-refractivity contribution is 5.41. The molecule has 0 bridgehead atoms. The van der Waals surface area contributed by atoms with Gasteiger partial charge in [-0.3, -0.25) is 0 Å². The van der Waals surface area contributed by atoms with Crippen molar-refractivity contribution >= 4 is 11.8 Å². The van der Waals surface area contributed by atoms with E-state index in [4.69, 9.17) is 0 Å². The van der Waals surface area contributed by atoms with Gasteiger partial charge in [0.15, 0.2) is 0 Å². The number of anilines is 2. The maximum Gasteiger partial charge on any atom is 0.227 e. The van der Waals surface area contributed by atoms with E-state index in [1.807, 2.05) is 25.4 Å². The fourth-order valence-corrected chi connectivity index (χ4v) is 2.15. The van der Waals surface area contributed by atoms with Crippen molar-refractivity contribution in [3.8, 4) is 0 Å². The Morgan fingerprint density at radius 1 is 1.10 bits per heavy atom. The van der Waals surface area contributed by atoms with Crippen LogP contribution in [0.15, 0.2) is 42.6 Å². The molecule has 1 aromatic carbocycles. The van der Waals surface area contributed by atoms with E-state index in [0.29, 0.717) is 0 Å². The van der Waals surface area contributed by atoms with Gasteiger partial charge in [0.2, 0.25) is 5.95 Å². The fourth-order valence-electron chi connectivity index (χ4n) is 2.15. The van der Waals surface area contributed by atoms with Crippen molar-refractivity contribution < 1.29 is 0 Å². The van der Waals surface area contributed by atoms with Crippen molar-refractivity contribution in [1.82, 2.24) is 9.97 Å². The minimum absolute atomic E-state index is 0.749. The van der Waals surface area contributed by atoms with Gasteiger partial charge in [-0.25, -0.2) is 4.98 Å². The molecule has 1 aromatic heterocycles. The molecule has 1 N–H and O–H groups in total. The second-order valence-corrected chi connectivity index (χ2v) is 5.22. The molecule has 0 fully saturated rings. The summed E-state index contributed by atoms with van der Waals surface area (Å²) in [6, 6.07) is 12.3. The van der Waals surface area contributed by atoms with Gasteiger partial charge >= 0.3 is 0 Å². The predicted octanol–water partition coefficient (Wildman–Crippen LogP) is 3.72. The molecule has 0 aliphatic carbocycles. The van der Waals surface area contributed by atoms with Crippen LogP contribution in [0, 0.1) is 0 Å². The lowest BCUT2D eigenvalue weighted by Gasteiger charge is -2.17. The van der Waals surface area contributed by atoms with Gasteiger partial charge in [-0.05, 0) is 18.1 Å². The summed E-state index contributed by atoms with van der Waals surface area (Å²) in [6.07, 6.45) is 5.47. The van der Waals surface area contributed by atoms with Crippen LogP contribution in [0.3, 0.4) is 0 Å². The second kappa shape index (κ2) is 8.25. The monoisotopic (exact) mass is 284 g/mol. The van der Waals surface area contributed by atoms with Crippen molar-refractivity contribution in [2.24, 2.45) is 0 Å². The molecule has 4 nitrogen and oxygen atoms in total. The highest BCUT2D eigenvalue weighted by atomic mass is 15.2. The van der Waals surface area contributed by atoms with Gasteiger partial charge in [0.1, 0.15) is 5.82 Å². The number of nitrogens with zero attached hydrogens (tertiary/aromatic N) is 3. The minimum Gasteiger partial charge on any atom is -0.370 e. The van der Waals surface area contributed by atoms with Crippen LogP contribution in [0.1, 0.15) is 31.7 Å². The lowest BCUT2D eigenvalue weighted by Crippen LogP contribution is -2.19. The summed E-state index contributed by atoms with van der Waals surface area (Å²) in [5.74, 6) is 1.65. The number of aromatic nitrogens is 2. The molecule has 0 saturated heterocycles. The van der Waals surface area contributed by atoms with Crippen molar-refractivity contribution in [3.05, 3.63) is 48.2 Å². The number of hydrogen-bond acceptors (Lipinski definition) is 4. The molecule has 0 atom stereocenters. The summed E-state index contributed by atoms with van der Waals surface area (Å²) in [5, 5.41) is 3.36. The normalized spacial score (nSPS) is 10.4. The van der Waals surface area contributed by atoms with Crippen molar-refractivity contribution in [2.75, 3.05) is 23.8 Å². The van der Waals surface area contributed by atoms with Crippen LogP contribution >= 0.6 is 0 Å². The van der Waals surface area contributed by atoms with E-state index in [1.165, 1.54) is 24.8 Å². The first kappa shape index (κ1) is 15.3. The van der Waals surface area contributed by atoms with Gasteiger partial charge in [0.25, 0.3) is 0 Å². The molecule has 2 aromatic rings. The van der Waals surface area contributed by atoms with Crippen LogP contribution in [-0.4, -0.2) is 23.6 Å². The lowest BCUT2D eigenvalue weighted by atomic mass is 10.2. The summed E-state index contributed by atoms with van der Waals surface area (Å²) in [6.45, 7) is 3.98. The van der Waals surface area contributed by atoms with Crippen LogP contribution in [0.4, 0.5) is 11.8 Å². The molecule has 0 radical (unpaired) electrons. The Morgan fingerprint density at radius 2 is 1.90 bits per heavy atom. The number of unbranched alkanes of at least 4 members (excludes halogenated alkanes) is 2. The first-order chi connectivity index (χ1) is 10.3. The van der Waals surface area contributed by atoms with E-state index in [-0.39, 0.29) is 0 Å². The fraction of sp³-hybridized carbons (Fsp3) is 0.412. The number of nitrogens with one attached hydrogen (secondary N) is 1. The minimum atomic E-state index is 0.749. The summed E-state index contributed by atoms with van der Waals surface area (Å²) < 4.78 is 0. The van der Waals surface area contributed by atoms with E-state index in [2.05, 4.69) is 51.4 Å². The maximum absolute atomic E-state index is 4.57. The Balaban J connectivity index is 1.93. The third-order valence-electron chi connectivity index (χ3n) is 3.33. The number of benzene rings is 1. The summed E-state index contributed by atoms with van der Waals surface area (Å²) >= 11 is 0. The van der Waals surface area contributed by atoms with Gasteiger partial charge in [-0.2, -0.15) is 4.98 Å². The molecular weight excluding hydrogens is 260 g/mol. The largest absolute Gasteiger partial charge is 0.370 e. The molecule has 1 heterocycles. The van der Waals surface area contributed by atoms with Crippen LogP contribution in [0.2, 0.25) is 0 Å². The Hall–Kier alpha value is -2.10. The molecule has 0 saturated carbocycles. The Morgan fingerprint density at radius 3 is 2.67 bits per heavy atom. The van der Waals surface area contributed by atoms with Crippen molar-refractivity contribution in [3.63, 3.8) is 0 Å². The number of hydrogen-bond donors (Lipinski definition) is 1. The average molecular weight is 284 g/mol. The summed E-state index contributed by atoms with van der Waals surface area (Å²) in [5.41, 5.74) is 1.25. The molecule has 0 aliphatic heterocycles. The van der Waals surface area contributed by atoms with Crippen LogP contribution in [0.5, 0.6) is 0 Å². The first-order valence-electron chi connectivity index (χ1n) is 7.61. The standard InChI is InChI=1S/C17H24N4/c1-3-4-8-12-18-16-11-13-19-17(20-16)21(2)14-15-9-6-5-7-10-15/h5-7,9-11,13H,3-4,8,12,14H2,1-2H3,(H,18,19,20). The lowest BCUT2D eigenvalue weighted by molar-refractivity contribution is 0.741. The molecular formula is C17H24N4. The summed E-state index contributed by atoms with van der Waals surface area (Å²) in [7, 11) is 2.02. The third-order valence-corrected chi connectivity index (χ3v) is 3.33. The molecule has 2 rings (SSSR count). The topological polar surface area (TPSA) is 41.1 Å². The van der Waals surface area contributed by atoms with Crippen molar-refractivity contribution in [1.29, 1.82) is 0 Å². The van der Waals surface area contributed by atoms with Gasteiger partial charge in [-0.15, -0.1) is 0 Å². The van der Waals surface area contributed by atoms with E-state index >= 15 is 0 Å². The van der Waals surface area contributed by atoms with Gasteiger partial charge < -0.3 is 10.2 Å². The van der Waals surface area contributed by atoms with E-state index in [1.54, 1.807) is 0 Å². The zero-order valence-corrected chi connectivity index (χ0v) is 12.9. The Labute approximate surface area is 127 Å². The van der Waals surface area contributed by atoms with Crippen LogP contribution in [0.25, 0.3) is 0 Å². The van der Waals surface area contributed by atoms with E-state index in [0.717, 1.165) is 24.9 Å². The molecule has 0 spiro atoms. The zero-order chi connectivity index (χ0) is 14.9. The van der Waals surface area contributed by atoms with Crippen LogP contribution < -0.4 is 10.2 Å². The number of rotatable bonds is 8. The maximum atomic E-state index is 4.57. The van der Waals surface area contributed by atoms with Crippen LogP contribution in [-0.2, 0) is 6.54 Å². The third kappa shape index (κ3) is 5.06. The molecule has 0 aliphatic rings. The highest BCUT2D eigenvalue weighted by Gasteiger charge is 2.06. The Kier molecular flexibility index (Phi) is 6.00. The molecule has 21 heavy (non-hydrogen) atoms. The average Bonchev–Trinajstić information content (AvgIpc) is 2.53. The second-order valence-electron chi connectivity index (χ2n) is 5.22. The molecule has 112 valence electrons. The highest BCUT2D eigenvalue weighted by Crippen LogP contribution is 2.12. The van der Waals surface area contributed by atoms with Gasteiger partial charge in [0.05, 0.1) is 0 Å². The van der Waals surface area contributed by atoms with E-state index in [9.17, 15) is 0 Å². The zero-order valence-electron chi connectivity index (χ0n) is 12.9. The first-order valence-corrected chi connectivity index (χ1v) is 7.61. The smallest absolute Gasteiger partial charge is 0.227 e. The van der Waals surface area contributed by atoms with Gasteiger partial charge in [0, 0.05) is 26.3 Å². The summed E-state index contributed by atoms with van der Waals surface area (Å²) in [4.78, 5) is 11.0.